The summed E-state index contributed by atoms with van der Waals surface area (Å²) in [6, 6.07) is 1.91. The van der Waals surface area contributed by atoms with E-state index in [2.05, 4.69) is 11.6 Å². The molecule has 9 heavy (non-hydrogen) atoms. The molecule has 0 amide bonds. The second-order valence-electron chi connectivity index (χ2n) is 1.91. The third-order valence-electron chi connectivity index (χ3n) is 1.26. The first kappa shape index (κ1) is 6.11. The second kappa shape index (κ2) is 2.51. The number of H-pyrrole nitrogens is 1. The summed E-state index contributed by atoms with van der Waals surface area (Å²) in [6.45, 7) is 3.58. The van der Waals surface area contributed by atoms with Crippen LogP contribution in [0.15, 0.2) is 31.1 Å². The number of nitrogens with one attached hydrogen (secondary N) is 1. The normalized spacial score (nSPS) is 13.0. The van der Waals surface area contributed by atoms with Crippen LogP contribution in [-0.4, -0.2) is 4.98 Å². The summed E-state index contributed by atoms with van der Waals surface area (Å²) < 4.78 is 0. The lowest BCUT2D eigenvalue weighted by molar-refractivity contribution is 0.917. The zero-order chi connectivity index (χ0) is 6.69. The molecule has 0 spiro atoms. The maximum Gasteiger partial charge on any atom is 0.0493 e. The maximum atomic E-state index is 5.60. The minimum absolute atomic E-state index is 0.0313. The van der Waals surface area contributed by atoms with Crippen LogP contribution in [0.4, 0.5) is 0 Å². The van der Waals surface area contributed by atoms with Crippen molar-refractivity contribution < 1.29 is 0 Å². The van der Waals surface area contributed by atoms with Gasteiger partial charge in [-0.3, -0.25) is 0 Å². The molecule has 1 aromatic heterocycles. The molecule has 1 heterocycles. The van der Waals surface area contributed by atoms with Gasteiger partial charge in [0.15, 0.2) is 0 Å². The van der Waals surface area contributed by atoms with Gasteiger partial charge in [-0.1, -0.05) is 6.08 Å². The molecule has 1 aromatic rings. The van der Waals surface area contributed by atoms with Crippen molar-refractivity contribution in [1.29, 1.82) is 0 Å². The topological polar surface area (TPSA) is 41.8 Å². The van der Waals surface area contributed by atoms with Crippen molar-refractivity contribution in [3.63, 3.8) is 0 Å². The van der Waals surface area contributed by atoms with Crippen molar-refractivity contribution in [1.82, 2.24) is 4.98 Å². The summed E-state index contributed by atoms with van der Waals surface area (Å²) >= 11 is 0. The van der Waals surface area contributed by atoms with Crippen LogP contribution in [-0.2, 0) is 0 Å². The number of aromatic amines is 1. The minimum atomic E-state index is -0.0313. The highest BCUT2D eigenvalue weighted by molar-refractivity contribution is 5.17. The van der Waals surface area contributed by atoms with Gasteiger partial charge in [-0.15, -0.1) is 6.58 Å². The third kappa shape index (κ3) is 1.21. The lowest BCUT2D eigenvalue weighted by Crippen LogP contribution is -2.04. The molecule has 1 rings (SSSR count). The van der Waals surface area contributed by atoms with Gasteiger partial charge in [-0.05, 0) is 11.6 Å². The van der Waals surface area contributed by atoms with Crippen LogP contribution in [0.5, 0.6) is 0 Å². The Morgan fingerprint density at radius 3 is 3.00 bits per heavy atom. The van der Waals surface area contributed by atoms with Crippen LogP contribution in [0.3, 0.4) is 0 Å². The molecule has 0 aromatic carbocycles. The zero-order valence-electron chi connectivity index (χ0n) is 5.17. The monoisotopic (exact) mass is 122 g/mol. The van der Waals surface area contributed by atoms with Crippen molar-refractivity contribution in [2.75, 3.05) is 0 Å². The quantitative estimate of drug-likeness (QED) is 0.568. The van der Waals surface area contributed by atoms with Crippen LogP contribution >= 0.6 is 0 Å². The molecule has 2 heteroatoms. The Kier molecular flexibility index (Phi) is 1.70. The van der Waals surface area contributed by atoms with Gasteiger partial charge in [-0.25, -0.2) is 0 Å². The first-order valence-corrected chi connectivity index (χ1v) is 2.85. The molecule has 1 atom stereocenters. The van der Waals surface area contributed by atoms with Gasteiger partial charge in [0, 0.05) is 18.4 Å². The lowest BCUT2D eigenvalue weighted by atomic mass is 10.2. The number of nitrogens with two attached hydrogens (primary N) is 1. The number of hydrogen-bond acceptors (Lipinski definition) is 1. The van der Waals surface area contributed by atoms with Crippen molar-refractivity contribution >= 4 is 0 Å². The average Bonchev–Trinajstić information content (AvgIpc) is 2.37. The summed E-state index contributed by atoms with van der Waals surface area (Å²) in [5.41, 5.74) is 6.67. The summed E-state index contributed by atoms with van der Waals surface area (Å²) in [4.78, 5) is 2.92. The highest BCUT2D eigenvalue weighted by Crippen LogP contribution is 2.07. The lowest BCUT2D eigenvalue weighted by Gasteiger charge is -1.99. The van der Waals surface area contributed by atoms with Crippen LogP contribution in [0.1, 0.15) is 11.6 Å². The Hall–Kier alpha value is -1.02. The number of hydrogen-bond donors (Lipinski definition) is 2. The molecular formula is C7H10N2. The number of rotatable bonds is 2. The molecule has 0 saturated carbocycles. The van der Waals surface area contributed by atoms with Crippen molar-refractivity contribution in [2.45, 2.75) is 6.04 Å². The van der Waals surface area contributed by atoms with E-state index in [0.717, 1.165) is 5.56 Å². The summed E-state index contributed by atoms with van der Waals surface area (Å²) in [7, 11) is 0. The Morgan fingerprint density at radius 1 is 1.78 bits per heavy atom. The summed E-state index contributed by atoms with van der Waals surface area (Å²) in [5.74, 6) is 0. The molecule has 0 fully saturated rings. The van der Waals surface area contributed by atoms with E-state index in [4.69, 9.17) is 5.73 Å². The van der Waals surface area contributed by atoms with Gasteiger partial charge in [0.25, 0.3) is 0 Å². The fourth-order valence-corrected chi connectivity index (χ4v) is 0.680. The van der Waals surface area contributed by atoms with Crippen molar-refractivity contribution in [3.05, 3.63) is 36.7 Å². The standard InChI is InChI=1S/C7H10N2/c1-2-7(8)6-3-4-9-5-6/h2-5,7,9H,1,8H2/t7-/m1/s1. The second-order valence-corrected chi connectivity index (χ2v) is 1.91. The fraction of sp³-hybridized carbons (Fsp3) is 0.143. The van der Waals surface area contributed by atoms with Gasteiger partial charge in [0.2, 0.25) is 0 Å². The molecular weight excluding hydrogens is 112 g/mol. The van der Waals surface area contributed by atoms with Crippen molar-refractivity contribution in [3.8, 4) is 0 Å². The van der Waals surface area contributed by atoms with Gasteiger partial charge >= 0.3 is 0 Å². The average molecular weight is 122 g/mol. The van der Waals surface area contributed by atoms with Crippen LogP contribution in [0.25, 0.3) is 0 Å². The summed E-state index contributed by atoms with van der Waals surface area (Å²) in [5, 5.41) is 0. The van der Waals surface area contributed by atoms with E-state index in [1.165, 1.54) is 0 Å². The van der Waals surface area contributed by atoms with E-state index < -0.39 is 0 Å². The van der Waals surface area contributed by atoms with Crippen LogP contribution < -0.4 is 5.73 Å². The third-order valence-corrected chi connectivity index (χ3v) is 1.26. The van der Waals surface area contributed by atoms with Crippen molar-refractivity contribution in [2.24, 2.45) is 5.73 Å². The molecule has 48 valence electrons. The molecule has 0 aliphatic heterocycles. The number of aromatic nitrogens is 1. The van der Waals surface area contributed by atoms with E-state index in [9.17, 15) is 0 Å². The van der Waals surface area contributed by atoms with Gasteiger partial charge < -0.3 is 10.7 Å². The summed E-state index contributed by atoms with van der Waals surface area (Å²) in [6.07, 6.45) is 5.42. The highest BCUT2D eigenvalue weighted by Gasteiger charge is 1.97. The zero-order valence-corrected chi connectivity index (χ0v) is 5.17. The molecule has 0 saturated heterocycles. The first-order valence-electron chi connectivity index (χ1n) is 2.85. The molecule has 2 nitrogen and oxygen atoms in total. The molecule has 0 bridgehead atoms. The first-order chi connectivity index (χ1) is 4.34. The smallest absolute Gasteiger partial charge is 0.0493 e. The minimum Gasteiger partial charge on any atom is -0.367 e. The Balaban J connectivity index is 2.76. The van der Waals surface area contributed by atoms with Gasteiger partial charge in [0.05, 0.1) is 0 Å². The largest absolute Gasteiger partial charge is 0.367 e. The van der Waals surface area contributed by atoms with Gasteiger partial charge in [-0.2, -0.15) is 0 Å². The van der Waals surface area contributed by atoms with E-state index >= 15 is 0 Å². The van der Waals surface area contributed by atoms with Crippen LogP contribution in [0.2, 0.25) is 0 Å². The van der Waals surface area contributed by atoms with E-state index in [0.29, 0.717) is 0 Å². The molecule has 0 aliphatic carbocycles. The van der Waals surface area contributed by atoms with Crippen LogP contribution in [0, 0.1) is 0 Å². The predicted octanol–water partition coefficient (Wildman–Crippen LogP) is 1.20. The molecule has 0 unspecified atom stereocenters. The molecule has 0 radical (unpaired) electrons. The van der Waals surface area contributed by atoms with E-state index in [1.807, 2.05) is 18.5 Å². The Labute approximate surface area is 54.4 Å². The predicted molar refractivity (Wildman–Crippen MR) is 37.9 cm³/mol. The van der Waals surface area contributed by atoms with Gasteiger partial charge in [0.1, 0.15) is 0 Å². The fourth-order valence-electron chi connectivity index (χ4n) is 0.680. The SMILES string of the molecule is C=C[C@@H](N)c1cc[nH]c1. The van der Waals surface area contributed by atoms with E-state index in [-0.39, 0.29) is 6.04 Å². The molecule has 3 N–H and O–H groups in total. The highest BCUT2D eigenvalue weighted by atomic mass is 14.7. The Morgan fingerprint density at radius 2 is 2.56 bits per heavy atom. The molecule has 0 aliphatic rings. The van der Waals surface area contributed by atoms with E-state index in [1.54, 1.807) is 6.08 Å². The Bertz CT molecular complexity index is 177. The maximum absolute atomic E-state index is 5.60.